The molecule has 0 unspecified atom stereocenters. The van der Waals surface area contributed by atoms with Gasteiger partial charge in [-0.1, -0.05) is 0 Å². The van der Waals surface area contributed by atoms with E-state index in [9.17, 15) is 29.7 Å². The summed E-state index contributed by atoms with van der Waals surface area (Å²) >= 11 is 1.90. The van der Waals surface area contributed by atoms with Gasteiger partial charge in [0.25, 0.3) is 0 Å². The van der Waals surface area contributed by atoms with Crippen LogP contribution in [0.25, 0.3) is 0 Å². The molecule has 2 aromatic heterocycles. The Bertz CT molecular complexity index is 1110. The summed E-state index contributed by atoms with van der Waals surface area (Å²) in [6.45, 7) is 3.18. The Morgan fingerprint density at radius 3 is 1.45 bits per heavy atom. The number of amides is 2. The minimum absolute atomic E-state index is 0.00915. The molecule has 0 saturated heterocycles. The largest absolute Gasteiger partial charge is 0.465 e. The number of thiophene rings is 2. The van der Waals surface area contributed by atoms with E-state index < -0.39 is 23.8 Å². The first-order valence-corrected chi connectivity index (χ1v) is 11.1. The maximum absolute atomic E-state index is 12.3. The highest BCUT2D eigenvalue weighted by Crippen LogP contribution is 2.34. The van der Waals surface area contributed by atoms with Crippen LogP contribution >= 0.6 is 22.7 Å². The molecule has 2 amide bonds. The second kappa shape index (κ2) is 11.2. The number of hydrogen-bond acceptors (Lipinski definition) is 10. The quantitative estimate of drug-likeness (QED) is 0.534. The van der Waals surface area contributed by atoms with Crippen molar-refractivity contribution in [1.82, 2.24) is 0 Å². The van der Waals surface area contributed by atoms with E-state index in [0.717, 1.165) is 22.7 Å². The molecule has 10 nitrogen and oxygen atoms in total. The van der Waals surface area contributed by atoms with Crippen LogP contribution in [0.15, 0.2) is 0 Å². The van der Waals surface area contributed by atoms with Gasteiger partial charge < -0.3 is 20.1 Å². The molecule has 2 heterocycles. The van der Waals surface area contributed by atoms with E-state index in [1.165, 1.54) is 14.2 Å². The first-order chi connectivity index (χ1) is 15.7. The Morgan fingerprint density at radius 2 is 1.15 bits per heavy atom. The van der Waals surface area contributed by atoms with Crippen molar-refractivity contribution < 1.29 is 28.7 Å². The average Bonchev–Trinajstić information content (AvgIpc) is 3.27. The highest BCUT2D eigenvalue weighted by atomic mass is 32.1. The molecule has 0 spiro atoms. The summed E-state index contributed by atoms with van der Waals surface area (Å²) in [6, 6.07) is 3.93. The van der Waals surface area contributed by atoms with Crippen LogP contribution in [0.4, 0.5) is 10.0 Å². The molecule has 2 aromatic rings. The third-order valence-electron chi connectivity index (χ3n) is 4.57. The van der Waals surface area contributed by atoms with Gasteiger partial charge in [-0.05, 0) is 31.4 Å². The Balaban J connectivity index is 1.97. The molecule has 0 saturated carbocycles. The van der Waals surface area contributed by atoms with Crippen LogP contribution in [0, 0.1) is 36.5 Å². The molecule has 2 N–H and O–H groups in total. The van der Waals surface area contributed by atoms with Crippen LogP contribution in [-0.4, -0.2) is 38.0 Å². The van der Waals surface area contributed by atoms with Crippen molar-refractivity contribution in [1.29, 1.82) is 10.5 Å². The standard InChI is InChI=1S/C21H20N4O6S2/c1-10-12(8-22)18(32-16(10)20(28)30-3)24-14(26)6-5-7-15(27)25-19-13(9-23)11(2)17(33-19)21(29)31-4/h5-7H2,1-4H3,(H,24,26)(H,25,27). The third-order valence-corrected chi connectivity index (χ3v) is 6.95. The molecule has 0 aliphatic rings. The van der Waals surface area contributed by atoms with Gasteiger partial charge in [0.1, 0.15) is 31.9 Å². The summed E-state index contributed by atoms with van der Waals surface area (Å²) in [7, 11) is 2.45. The lowest BCUT2D eigenvalue weighted by Gasteiger charge is -2.05. The Kier molecular flexibility index (Phi) is 8.68. The van der Waals surface area contributed by atoms with E-state index in [1.807, 2.05) is 12.1 Å². The van der Waals surface area contributed by atoms with Crippen molar-refractivity contribution in [3.8, 4) is 12.1 Å². The highest BCUT2D eigenvalue weighted by molar-refractivity contribution is 7.19. The number of nitrogens with zero attached hydrogens (tertiary/aromatic N) is 2. The lowest BCUT2D eigenvalue weighted by atomic mass is 10.1. The average molecular weight is 489 g/mol. The molecule has 0 bridgehead atoms. The Hall–Kier alpha value is -3.74. The summed E-state index contributed by atoms with van der Waals surface area (Å²) in [5.74, 6) is -2.03. The molecular formula is C21H20N4O6S2. The van der Waals surface area contributed by atoms with Crippen molar-refractivity contribution in [2.75, 3.05) is 24.9 Å². The van der Waals surface area contributed by atoms with E-state index in [1.54, 1.807) is 13.8 Å². The van der Waals surface area contributed by atoms with Crippen molar-refractivity contribution in [3.63, 3.8) is 0 Å². The van der Waals surface area contributed by atoms with Gasteiger partial charge in [0.2, 0.25) is 11.8 Å². The Labute approximate surface area is 197 Å². The van der Waals surface area contributed by atoms with Gasteiger partial charge in [-0.15, -0.1) is 22.7 Å². The first-order valence-electron chi connectivity index (χ1n) is 9.51. The van der Waals surface area contributed by atoms with Crippen LogP contribution in [0.5, 0.6) is 0 Å². The third kappa shape index (κ3) is 5.74. The SMILES string of the molecule is COC(=O)c1sc(NC(=O)CCCC(=O)Nc2sc(C(=O)OC)c(C)c2C#N)c(C#N)c1C. The van der Waals surface area contributed by atoms with Crippen molar-refractivity contribution in [2.24, 2.45) is 0 Å². The van der Waals surface area contributed by atoms with Crippen LogP contribution in [0.3, 0.4) is 0 Å². The zero-order valence-corrected chi connectivity index (χ0v) is 19.9. The van der Waals surface area contributed by atoms with Gasteiger partial charge >= 0.3 is 11.9 Å². The van der Waals surface area contributed by atoms with Crippen LogP contribution in [0.2, 0.25) is 0 Å². The van der Waals surface area contributed by atoms with Crippen LogP contribution in [0.1, 0.15) is 60.9 Å². The van der Waals surface area contributed by atoms with Gasteiger partial charge in [-0.3, -0.25) is 9.59 Å². The number of esters is 2. The zero-order chi connectivity index (χ0) is 24.7. The highest BCUT2D eigenvalue weighted by Gasteiger charge is 2.23. The molecule has 0 aliphatic heterocycles. The molecule has 2 rings (SSSR count). The maximum atomic E-state index is 12.3. The summed E-state index contributed by atoms with van der Waals surface area (Å²) in [4.78, 5) is 48.6. The summed E-state index contributed by atoms with van der Waals surface area (Å²) in [6.07, 6.45) is 0.180. The fraction of sp³-hybridized carbons (Fsp3) is 0.333. The predicted molar refractivity (Wildman–Crippen MR) is 121 cm³/mol. The lowest BCUT2D eigenvalue weighted by Crippen LogP contribution is -2.14. The van der Waals surface area contributed by atoms with Gasteiger partial charge in [-0.25, -0.2) is 9.59 Å². The van der Waals surface area contributed by atoms with Gasteiger partial charge in [0.15, 0.2) is 0 Å². The molecule has 33 heavy (non-hydrogen) atoms. The molecule has 172 valence electrons. The molecule has 0 aliphatic carbocycles. The van der Waals surface area contributed by atoms with Crippen molar-refractivity contribution in [2.45, 2.75) is 33.1 Å². The van der Waals surface area contributed by atoms with E-state index in [2.05, 4.69) is 20.1 Å². The molecule has 0 fully saturated rings. The fourth-order valence-electron chi connectivity index (χ4n) is 2.83. The van der Waals surface area contributed by atoms with E-state index in [0.29, 0.717) is 11.1 Å². The van der Waals surface area contributed by atoms with Crippen molar-refractivity contribution >= 4 is 56.4 Å². The molecule has 0 atom stereocenters. The topological polar surface area (TPSA) is 158 Å². The van der Waals surface area contributed by atoms with Gasteiger partial charge in [0, 0.05) is 12.8 Å². The molecule has 12 heteroatoms. The fourth-order valence-corrected chi connectivity index (χ4v) is 5.02. The number of ether oxygens (including phenoxy) is 2. The number of nitrogens with one attached hydrogen (secondary N) is 2. The van der Waals surface area contributed by atoms with Crippen molar-refractivity contribution in [3.05, 3.63) is 32.0 Å². The van der Waals surface area contributed by atoms with Gasteiger partial charge in [-0.2, -0.15) is 10.5 Å². The summed E-state index contributed by atoms with van der Waals surface area (Å²) in [5.41, 5.74) is 1.22. The molecular weight excluding hydrogens is 468 g/mol. The molecule has 0 aromatic carbocycles. The second-order valence-corrected chi connectivity index (χ2v) is 8.72. The maximum Gasteiger partial charge on any atom is 0.348 e. The minimum Gasteiger partial charge on any atom is -0.465 e. The predicted octanol–water partition coefficient (Wildman–Crippen LogP) is 3.49. The number of carbonyl (C=O) groups is 4. The monoisotopic (exact) mass is 488 g/mol. The number of methoxy groups -OCH3 is 2. The second-order valence-electron chi connectivity index (χ2n) is 6.68. The summed E-state index contributed by atoms with van der Waals surface area (Å²) in [5, 5.41) is 24.3. The van der Waals surface area contributed by atoms with E-state index in [4.69, 9.17) is 0 Å². The van der Waals surface area contributed by atoms with Gasteiger partial charge in [0.05, 0.1) is 25.3 Å². The Morgan fingerprint density at radius 1 is 0.788 bits per heavy atom. The molecule has 0 radical (unpaired) electrons. The number of rotatable bonds is 8. The number of nitriles is 2. The zero-order valence-electron chi connectivity index (χ0n) is 18.3. The lowest BCUT2D eigenvalue weighted by molar-refractivity contribution is -0.117. The summed E-state index contributed by atoms with van der Waals surface area (Å²) < 4.78 is 9.36. The number of hydrogen-bond donors (Lipinski definition) is 2. The number of anilines is 2. The first kappa shape index (κ1) is 25.5. The minimum atomic E-state index is -0.595. The van der Waals surface area contributed by atoms with Crippen LogP contribution < -0.4 is 10.6 Å². The number of carbonyl (C=O) groups excluding carboxylic acids is 4. The van der Waals surface area contributed by atoms with Crippen LogP contribution in [-0.2, 0) is 19.1 Å². The normalized spacial score (nSPS) is 10.0. The van der Waals surface area contributed by atoms with E-state index >= 15 is 0 Å². The smallest absolute Gasteiger partial charge is 0.348 e. The van der Waals surface area contributed by atoms with E-state index in [-0.39, 0.29) is 50.1 Å².